The third-order valence-electron chi connectivity index (χ3n) is 3.50. The third kappa shape index (κ3) is 2.42. The van der Waals surface area contributed by atoms with E-state index in [1.165, 1.54) is 6.07 Å². The predicted octanol–water partition coefficient (Wildman–Crippen LogP) is 4.09. The normalized spacial score (nSPS) is 12.8. The number of aryl methyl sites for hydroxylation is 1. The number of furan rings is 1. The van der Waals surface area contributed by atoms with Crippen LogP contribution in [0.15, 0.2) is 46.9 Å². The van der Waals surface area contributed by atoms with Gasteiger partial charge in [-0.3, -0.25) is 5.84 Å². The molecule has 0 bridgehead atoms. The number of rotatable bonds is 3. The van der Waals surface area contributed by atoms with E-state index in [4.69, 9.17) is 21.9 Å². The van der Waals surface area contributed by atoms with Gasteiger partial charge in [0.2, 0.25) is 0 Å². The van der Waals surface area contributed by atoms with Crippen LogP contribution in [0.4, 0.5) is 4.39 Å². The molecule has 0 fully saturated rings. The molecule has 0 aliphatic heterocycles. The van der Waals surface area contributed by atoms with Crippen LogP contribution in [-0.2, 0) is 0 Å². The molecule has 0 saturated carbocycles. The van der Waals surface area contributed by atoms with Gasteiger partial charge in [0, 0.05) is 5.39 Å². The number of para-hydroxylation sites is 1. The fraction of sp³-hybridized carbons (Fsp3) is 0.125. The van der Waals surface area contributed by atoms with Gasteiger partial charge in [-0.05, 0) is 30.2 Å². The lowest BCUT2D eigenvalue weighted by atomic mass is 10.0. The number of nitrogens with one attached hydrogen (secondary N) is 1. The van der Waals surface area contributed by atoms with Crippen LogP contribution < -0.4 is 11.3 Å². The number of benzene rings is 2. The second-order valence-electron chi connectivity index (χ2n) is 4.88. The minimum Gasteiger partial charge on any atom is -0.459 e. The summed E-state index contributed by atoms with van der Waals surface area (Å²) in [5.74, 6) is 5.73. The molecule has 3 N–H and O–H groups in total. The van der Waals surface area contributed by atoms with Crippen molar-refractivity contribution >= 4 is 22.6 Å². The van der Waals surface area contributed by atoms with E-state index < -0.39 is 11.9 Å². The molecule has 0 amide bonds. The van der Waals surface area contributed by atoms with Gasteiger partial charge >= 0.3 is 0 Å². The lowest BCUT2D eigenvalue weighted by molar-refractivity contribution is 0.475. The Balaban J connectivity index is 2.14. The molecule has 0 aliphatic rings. The molecule has 1 unspecified atom stereocenters. The standard InChI is InChI=1S/C16H14ClFN2O/c1-9-4-2-5-10-8-13(21-16(9)10)15(20-19)11-6-3-7-12(18)14(11)17/h2-8,15,20H,19H2,1H3. The minimum atomic E-state index is -0.514. The maximum Gasteiger partial charge on any atom is 0.142 e. The van der Waals surface area contributed by atoms with Crippen LogP contribution in [0.1, 0.15) is 22.9 Å². The van der Waals surface area contributed by atoms with Crippen molar-refractivity contribution in [2.75, 3.05) is 0 Å². The van der Waals surface area contributed by atoms with Crippen molar-refractivity contribution in [2.24, 2.45) is 5.84 Å². The molecule has 1 heterocycles. The van der Waals surface area contributed by atoms with Gasteiger partial charge in [-0.2, -0.15) is 0 Å². The molecule has 3 nitrogen and oxygen atoms in total. The Morgan fingerprint density at radius 3 is 2.71 bits per heavy atom. The predicted molar refractivity (Wildman–Crippen MR) is 81.5 cm³/mol. The Morgan fingerprint density at radius 2 is 2.00 bits per heavy atom. The molecule has 3 rings (SSSR count). The maximum absolute atomic E-state index is 13.6. The molecule has 108 valence electrons. The highest BCUT2D eigenvalue weighted by molar-refractivity contribution is 6.31. The number of fused-ring (bicyclic) bond motifs is 1. The third-order valence-corrected chi connectivity index (χ3v) is 3.90. The zero-order valence-electron chi connectivity index (χ0n) is 11.4. The van der Waals surface area contributed by atoms with Crippen molar-refractivity contribution in [3.8, 4) is 0 Å². The number of halogens is 2. The first-order chi connectivity index (χ1) is 10.1. The molecular weight excluding hydrogens is 291 g/mol. The van der Waals surface area contributed by atoms with Crippen LogP contribution >= 0.6 is 11.6 Å². The molecule has 0 spiro atoms. The summed E-state index contributed by atoms with van der Waals surface area (Å²) in [6.07, 6.45) is 0. The smallest absolute Gasteiger partial charge is 0.142 e. The SMILES string of the molecule is Cc1cccc2cc(C(NN)c3cccc(F)c3Cl)oc12. The van der Waals surface area contributed by atoms with E-state index in [9.17, 15) is 4.39 Å². The van der Waals surface area contributed by atoms with E-state index in [0.29, 0.717) is 11.3 Å². The second kappa shape index (κ2) is 5.48. The van der Waals surface area contributed by atoms with Crippen LogP contribution in [0.2, 0.25) is 5.02 Å². The Hall–Kier alpha value is -1.88. The van der Waals surface area contributed by atoms with Gasteiger partial charge < -0.3 is 4.42 Å². The van der Waals surface area contributed by atoms with Gasteiger partial charge in [-0.25, -0.2) is 9.82 Å². The number of nitrogens with two attached hydrogens (primary N) is 1. The first kappa shape index (κ1) is 14.1. The van der Waals surface area contributed by atoms with Gasteiger partial charge in [0.25, 0.3) is 0 Å². The summed E-state index contributed by atoms with van der Waals surface area (Å²) >= 11 is 6.03. The fourth-order valence-electron chi connectivity index (χ4n) is 2.44. The molecule has 0 radical (unpaired) electrons. The van der Waals surface area contributed by atoms with E-state index >= 15 is 0 Å². The van der Waals surface area contributed by atoms with Crippen molar-refractivity contribution in [1.82, 2.24) is 5.43 Å². The zero-order chi connectivity index (χ0) is 15.0. The number of hydrazine groups is 1. The van der Waals surface area contributed by atoms with Crippen molar-refractivity contribution < 1.29 is 8.81 Å². The molecule has 5 heteroatoms. The highest BCUT2D eigenvalue weighted by Crippen LogP contribution is 2.33. The minimum absolute atomic E-state index is 0.0395. The quantitative estimate of drug-likeness (QED) is 0.566. The first-order valence-electron chi connectivity index (χ1n) is 6.51. The van der Waals surface area contributed by atoms with Crippen molar-refractivity contribution in [2.45, 2.75) is 13.0 Å². The van der Waals surface area contributed by atoms with Gasteiger partial charge in [-0.15, -0.1) is 0 Å². The van der Waals surface area contributed by atoms with Gasteiger partial charge in [0.15, 0.2) is 0 Å². The Morgan fingerprint density at radius 1 is 1.24 bits per heavy atom. The van der Waals surface area contributed by atoms with E-state index in [2.05, 4.69) is 5.43 Å². The van der Waals surface area contributed by atoms with E-state index in [1.807, 2.05) is 31.2 Å². The van der Waals surface area contributed by atoms with E-state index in [-0.39, 0.29) is 5.02 Å². The van der Waals surface area contributed by atoms with Crippen LogP contribution in [0.5, 0.6) is 0 Å². The van der Waals surface area contributed by atoms with Crippen molar-refractivity contribution in [3.63, 3.8) is 0 Å². The molecule has 0 aliphatic carbocycles. The maximum atomic E-state index is 13.6. The fourth-order valence-corrected chi connectivity index (χ4v) is 2.67. The molecule has 1 atom stereocenters. The topological polar surface area (TPSA) is 51.2 Å². The summed E-state index contributed by atoms with van der Waals surface area (Å²) < 4.78 is 19.5. The highest BCUT2D eigenvalue weighted by atomic mass is 35.5. The van der Waals surface area contributed by atoms with E-state index in [0.717, 1.165) is 16.5 Å². The van der Waals surface area contributed by atoms with E-state index in [1.54, 1.807) is 12.1 Å². The number of hydrogen-bond donors (Lipinski definition) is 2. The first-order valence-corrected chi connectivity index (χ1v) is 6.88. The largest absolute Gasteiger partial charge is 0.459 e. The zero-order valence-corrected chi connectivity index (χ0v) is 12.1. The lowest BCUT2D eigenvalue weighted by Crippen LogP contribution is -2.28. The highest BCUT2D eigenvalue weighted by Gasteiger charge is 2.21. The van der Waals surface area contributed by atoms with Crippen LogP contribution in [-0.4, -0.2) is 0 Å². The van der Waals surface area contributed by atoms with Gasteiger partial charge in [-0.1, -0.05) is 41.9 Å². The van der Waals surface area contributed by atoms with Gasteiger partial charge in [0.1, 0.15) is 23.2 Å². The summed E-state index contributed by atoms with van der Waals surface area (Å²) in [6, 6.07) is 11.9. The average Bonchev–Trinajstić information content (AvgIpc) is 2.89. The van der Waals surface area contributed by atoms with Crippen LogP contribution in [0.3, 0.4) is 0 Å². The average molecular weight is 305 g/mol. The van der Waals surface area contributed by atoms with Crippen LogP contribution in [0.25, 0.3) is 11.0 Å². The lowest BCUT2D eigenvalue weighted by Gasteiger charge is -2.15. The molecule has 21 heavy (non-hydrogen) atoms. The molecule has 2 aromatic carbocycles. The number of hydrogen-bond acceptors (Lipinski definition) is 3. The van der Waals surface area contributed by atoms with Gasteiger partial charge in [0.05, 0.1) is 5.02 Å². The van der Waals surface area contributed by atoms with Crippen molar-refractivity contribution in [3.05, 3.63) is 70.2 Å². The summed E-state index contributed by atoms with van der Waals surface area (Å²) in [4.78, 5) is 0. The molecule has 0 saturated heterocycles. The van der Waals surface area contributed by atoms with Crippen LogP contribution in [0, 0.1) is 12.7 Å². The molecule has 3 aromatic rings. The summed E-state index contributed by atoms with van der Waals surface area (Å²) in [5, 5.41) is 1.01. The van der Waals surface area contributed by atoms with Crippen molar-refractivity contribution in [1.29, 1.82) is 0 Å². The molecule has 1 aromatic heterocycles. The summed E-state index contributed by atoms with van der Waals surface area (Å²) in [5.41, 5.74) is 5.00. The Labute approximate surface area is 126 Å². The molecular formula is C16H14ClFN2O. The Bertz CT molecular complexity index is 800. The Kier molecular flexibility index (Phi) is 3.68. The second-order valence-corrected chi connectivity index (χ2v) is 5.26. The summed E-state index contributed by atoms with van der Waals surface area (Å²) in [7, 11) is 0. The monoisotopic (exact) mass is 304 g/mol. The summed E-state index contributed by atoms with van der Waals surface area (Å²) in [6.45, 7) is 1.97.